The highest BCUT2D eigenvalue weighted by molar-refractivity contribution is 7.89. The second kappa shape index (κ2) is 5.47. The fourth-order valence-corrected chi connectivity index (χ4v) is 3.08. The molecule has 0 amide bonds. The number of hydrogen-bond acceptors (Lipinski definition) is 3. The van der Waals surface area contributed by atoms with E-state index in [9.17, 15) is 8.42 Å². The SMILES string of the molecule is CC(C)C(N)CCN(C)S(=O)(=O)CC1CC1. The standard InChI is InChI=1S/C11H24N2O2S/c1-9(2)11(12)6-7-13(3)16(14,15)8-10-4-5-10/h9-11H,4-8,12H2,1-3H3. The van der Waals surface area contributed by atoms with E-state index in [0.29, 0.717) is 24.1 Å². The van der Waals surface area contributed by atoms with Gasteiger partial charge in [-0.25, -0.2) is 12.7 Å². The Morgan fingerprint density at radius 3 is 2.38 bits per heavy atom. The van der Waals surface area contributed by atoms with Crippen molar-refractivity contribution in [3.8, 4) is 0 Å². The summed E-state index contributed by atoms with van der Waals surface area (Å²) in [5.74, 6) is 1.13. The first-order valence-electron chi connectivity index (χ1n) is 6.02. The molecule has 0 bridgehead atoms. The molecule has 0 aromatic carbocycles. The normalized spacial score (nSPS) is 19.4. The molecule has 1 saturated carbocycles. The Kier molecular flexibility index (Phi) is 4.76. The van der Waals surface area contributed by atoms with Gasteiger partial charge in [0.1, 0.15) is 0 Å². The Labute approximate surface area is 99.2 Å². The first-order valence-corrected chi connectivity index (χ1v) is 7.63. The molecule has 4 nitrogen and oxygen atoms in total. The molecule has 1 aliphatic carbocycles. The van der Waals surface area contributed by atoms with Crippen molar-refractivity contribution in [2.45, 2.75) is 39.2 Å². The van der Waals surface area contributed by atoms with Gasteiger partial charge in [-0.1, -0.05) is 13.8 Å². The van der Waals surface area contributed by atoms with E-state index >= 15 is 0 Å². The first kappa shape index (κ1) is 13.9. The summed E-state index contributed by atoms with van der Waals surface area (Å²) in [6.07, 6.45) is 2.87. The van der Waals surface area contributed by atoms with Crippen LogP contribution < -0.4 is 5.73 Å². The quantitative estimate of drug-likeness (QED) is 0.732. The van der Waals surface area contributed by atoms with E-state index in [1.807, 2.05) is 0 Å². The highest BCUT2D eigenvalue weighted by Gasteiger charge is 2.30. The van der Waals surface area contributed by atoms with E-state index in [1.54, 1.807) is 7.05 Å². The molecular weight excluding hydrogens is 224 g/mol. The molecule has 0 aromatic rings. The summed E-state index contributed by atoms with van der Waals surface area (Å²) in [6, 6.07) is 0.0820. The molecule has 0 aromatic heterocycles. The van der Waals surface area contributed by atoms with Crippen LogP contribution >= 0.6 is 0 Å². The Balaban J connectivity index is 2.35. The molecular formula is C11H24N2O2S. The molecule has 1 fully saturated rings. The average Bonchev–Trinajstić information content (AvgIpc) is 2.96. The molecule has 0 spiro atoms. The third kappa shape index (κ3) is 4.39. The zero-order valence-electron chi connectivity index (χ0n) is 10.5. The monoisotopic (exact) mass is 248 g/mol. The van der Waals surface area contributed by atoms with E-state index in [-0.39, 0.29) is 6.04 Å². The molecule has 1 aliphatic rings. The Bertz CT molecular complexity index is 310. The van der Waals surface area contributed by atoms with Gasteiger partial charge in [0.05, 0.1) is 5.75 Å². The van der Waals surface area contributed by atoms with Crippen molar-refractivity contribution >= 4 is 10.0 Å². The van der Waals surface area contributed by atoms with Crippen molar-refractivity contribution in [1.82, 2.24) is 4.31 Å². The summed E-state index contributed by atoms with van der Waals surface area (Å²) in [5, 5.41) is 0. The van der Waals surface area contributed by atoms with Crippen LogP contribution in [0.5, 0.6) is 0 Å². The van der Waals surface area contributed by atoms with Gasteiger partial charge in [0.15, 0.2) is 0 Å². The van der Waals surface area contributed by atoms with E-state index in [4.69, 9.17) is 5.73 Å². The van der Waals surface area contributed by atoms with Crippen molar-refractivity contribution in [3.63, 3.8) is 0 Å². The van der Waals surface area contributed by atoms with Crippen LogP contribution in [0.15, 0.2) is 0 Å². The summed E-state index contributed by atoms with van der Waals surface area (Å²) in [5.41, 5.74) is 5.90. The van der Waals surface area contributed by atoms with Gasteiger partial charge >= 0.3 is 0 Å². The third-order valence-electron chi connectivity index (χ3n) is 3.25. The summed E-state index contributed by atoms with van der Waals surface area (Å²) < 4.78 is 25.2. The van der Waals surface area contributed by atoms with Crippen LogP contribution in [0.25, 0.3) is 0 Å². The van der Waals surface area contributed by atoms with Crippen molar-refractivity contribution in [1.29, 1.82) is 0 Å². The number of rotatable bonds is 7. The highest BCUT2D eigenvalue weighted by Crippen LogP contribution is 2.30. The minimum absolute atomic E-state index is 0.0820. The van der Waals surface area contributed by atoms with Crippen LogP contribution in [0.2, 0.25) is 0 Å². The Morgan fingerprint density at radius 1 is 1.38 bits per heavy atom. The van der Waals surface area contributed by atoms with Gasteiger partial charge in [-0.05, 0) is 31.1 Å². The fraction of sp³-hybridized carbons (Fsp3) is 1.00. The van der Waals surface area contributed by atoms with Gasteiger partial charge in [0.25, 0.3) is 0 Å². The summed E-state index contributed by atoms with van der Waals surface area (Å²) >= 11 is 0. The molecule has 1 unspecified atom stereocenters. The minimum atomic E-state index is -3.04. The van der Waals surface area contributed by atoms with Crippen molar-refractivity contribution in [2.24, 2.45) is 17.6 Å². The fourth-order valence-electron chi connectivity index (χ4n) is 1.51. The van der Waals surface area contributed by atoms with Crippen molar-refractivity contribution in [2.75, 3.05) is 19.3 Å². The average molecular weight is 248 g/mol. The van der Waals surface area contributed by atoms with Crippen LogP contribution in [-0.4, -0.2) is 38.1 Å². The third-order valence-corrected chi connectivity index (χ3v) is 5.28. The van der Waals surface area contributed by atoms with Gasteiger partial charge in [0.2, 0.25) is 10.0 Å². The van der Waals surface area contributed by atoms with Crippen LogP contribution in [0.4, 0.5) is 0 Å². The molecule has 0 saturated heterocycles. The number of sulfonamides is 1. The topological polar surface area (TPSA) is 63.4 Å². The number of nitrogens with zero attached hydrogens (tertiary/aromatic N) is 1. The molecule has 0 aliphatic heterocycles. The van der Waals surface area contributed by atoms with Crippen molar-refractivity contribution in [3.05, 3.63) is 0 Å². The lowest BCUT2D eigenvalue weighted by molar-refractivity contribution is 0.397. The van der Waals surface area contributed by atoms with Gasteiger partial charge in [0, 0.05) is 19.6 Å². The second-order valence-electron chi connectivity index (χ2n) is 5.24. The molecule has 96 valence electrons. The lowest BCUT2D eigenvalue weighted by atomic mass is 10.0. The maximum absolute atomic E-state index is 11.8. The van der Waals surface area contributed by atoms with Gasteiger partial charge < -0.3 is 5.73 Å². The van der Waals surface area contributed by atoms with Crippen LogP contribution in [0, 0.1) is 11.8 Å². The summed E-state index contributed by atoms with van der Waals surface area (Å²) in [6.45, 7) is 4.65. The lowest BCUT2D eigenvalue weighted by Gasteiger charge is -2.21. The Hall–Kier alpha value is -0.130. The maximum atomic E-state index is 11.8. The molecule has 2 N–H and O–H groups in total. The van der Waals surface area contributed by atoms with Gasteiger partial charge in [-0.15, -0.1) is 0 Å². The smallest absolute Gasteiger partial charge is 0.214 e. The van der Waals surface area contributed by atoms with E-state index in [2.05, 4.69) is 13.8 Å². The predicted octanol–water partition coefficient (Wildman–Crippen LogP) is 1.03. The molecule has 16 heavy (non-hydrogen) atoms. The predicted molar refractivity (Wildman–Crippen MR) is 66.6 cm³/mol. The molecule has 0 radical (unpaired) electrons. The number of nitrogens with two attached hydrogens (primary N) is 1. The largest absolute Gasteiger partial charge is 0.327 e. The second-order valence-corrected chi connectivity index (χ2v) is 7.36. The van der Waals surface area contributed by atoms with Crippen molar-refractivity contribution < 1.29 is 8.42 Å². The molecule has 5 heteroatoms. The highest BCUT2D eigenvalue weighted by atomic mass is 32.2. The van der Waals surface area contributed by atoms with Crippen LogP contribution in [-0.2, 0) is 10.0 Å². The van der Waals surface area contributed by atoms with Crippen LogP contribution in [0.3, 0.4) is 0 Å². The molecule has 1 rings (SSSR count). The van der Waals surface area contributed by atoms with Gasteiger partial charge in [-0.3, -0.25) is 0 Å². The van der Waals surface area contributed by atoms with E-state index < -0.39 is 10.0 Å². The molecule has 0 heterocycles. The summed E-state index contributed by atoms with van der Waals surface area (Å²) in [4.78, 5) is 0. The number of hydrogen-bond donors (Lipinski definition) is 1. The Morgan fingerprint density at radius 2 is 1.94 bits per heavy atom. The summed E-state index contributed by atoms with van der Waals surface area (Å²) in [7, 11) is -1.38. The lowest BCUT2D eigenvalue weighted by Crippen LogP contribution is -2.36. The first-order chi connectivity index (χ1) is 7.33. The van der Waals surface area contributed by atoms with Gasteiger partial charge in [-0.2, -0.15) is 0 Å². The van der Waals surface area contributed by atoms with E-state index in [1.165, 1.54) is 4.31 Å². The zero-order chi connectivity index (χ0) is 12.3. The minimum Gasteiger partial charge on any atom is -0.327 e. The van der Waals surface area contributed by atoms with Crippen LogP contribution in [0.1, 0.15) is 33.1 Å². The zero-order valence-corrected chi connectivity index (χ0v) is 11.3. The molecule has 1 atom stereocenters. The maximum Gasteiger partial charge on any atom is 0.214 e. The van der Waals surface area contributed by atoms with E-state index in [0.717, 1.165) is 19.3 Å².